The van der Waals surface area contributed by atoms with Crippen LogP contribution in [0.2, 0.25) is 5.02 Å². The highest BCUT2D eigenvalue weighted by atomic mass is 35.5. The van der Waals surface area contributed by atoms with Crippen molar-refractivity contribution in [3.8, 4) is 0 Å². The van der Waals surface area contributed by atoms with Crippen LogP contribution in [0.5, 0.6) is 0 Å². The number of amides is 2. The fraction of sp³-hybridized carbons (Fsp3) is 0.316. The van der Waals surface area contributed by atoms with Gasteiger partial charge in [0.05, 0.1) is 5.54 Å². The topological polar surface area (TPSA) is 32.3 Å². The number of urea groups is 1. The van der Waals surface area contributed by atoms with Crippen LogP contribution in [0.1, 0.15) is 32.8 Å². The number of para-hydroxylation sites is 1. The minimum Gasteiger partial charge on any atom is -0.329 e. The molecule has 0 fully saturated rings. The summed E-state index contributed by atoms with van der Waals surface area (Å²) in [5.74, 6) is 0. The highest BCUT2D eigenvalue weighted by Crippen LogP contribution is 2.24. The van der Waals surface area contributed by atoms with Crippen LogP contribution in [0.4, 0.5) is 10.5 Å². The molecule has 0 aliphatic heterocycles. The molecule has 0 aliphatic rings. The third-order valence-electron chi connectivity index (χ3n) is 3.73. The Morgan fingerprint density at radius 1 is 1.13 bits per heavy atom. The standard InChI is InChI=1S/C19H23ClN2O/c1-4-13-22(17-11-6-5-7-12-17)18(23)21-19(2,3)15-9-8-10-16(20)14-15/h5-12,14H,4,13H2,1-3H3,(H,21,23). The lowest BCUT2D eigenvalue weighted by atomic mass is 9.94. The molecule has 0 radical (unpaired) electrons. The second-order valence-corrected chi connectivity index (χ2v) is 6.49. The van der Waals surface area contributed by atoms with Crippen molar-refractivity contribution in [2.45, 2.75) is 32.7 Å². The van der Waals surface area contributed by atoms with Crippen LogP contribution < -0.4 is 10.2 Å². The molecular formula is C19H23ClN2O. The van der Waals surface area contributed by atoms with Crippen molar-refractivity contribution in [3.63, 3.8) is 0 Å². The Balaban J connectivity index is 2.21. The van der Waals surface area contributed by atoms with Crippen molar-refractivity contribution in [3.05, 3.63) is 65.2 Å². The van der Waals surface area contributed by atoms with Gasteiger partial charge in [-0.2, -0.15) is 0 Å². The first-order valence-corrected chi connectivity index (χ1v) is 8.22. The van der Waals surface area contributed by atoms with Crippen LogP contribution >= 0.6 is 11.6 Å². The van der Waals surface area contributed by atoms with Gasteiger partial charge in [0.1, 0.15) is 0 Å². The first kappa shape index (κ1) is 17.4. The molecule has 2 aromatic rings. The lowest BCUT2D eigenvalue weighted by Gasteiger charge is -2.31. The van der Waals surface area contributed by atoms with Crippen LogP contribution in [0.15, 0.2) is 54.6 Å². The smallest absolute Gasteiger partial charge is 0.322 e. The van der Waals surface area contributed by atoms with Crippen molar-refractivity contribution in [1.29, 1.82) is 0 Å². The summed E-state index contributed by atoms with van der Waals surface area (Å²) < 4.78 is 0. The molecule has 0 atom stereocenters. The van der Waals surface area contributed by atoms with Gasteiger partial charge in [-0.25, -0.2) is 4.79 Å². The van der Waals surface area contributed by atoms with Gasteiger partial charge < -0.3 is 5.32 Å². The van der Waals surface area contributed by atoms with Crippen molar-refractivity contribution in [1.82, 2.24) is 5.32 Å². The molecule has 2 aromatic carbocycles. The molecule has 0 bridgehead atoms. The number of rotatable bonds is 5. The Morgan fingerprint density at radius 3 is 2.43 bits per heavy atom. The molecule has 2 rings (SSSR count). The van der Waals surface area contributed by atoms with E-state index in [-0.39, 0.29) is 6.03 Å². The van der Waals surface area contributed by atoms with E-state index in [1.54, 1.807) is 4.90 Å². The molecular weight excluding hydrogens is 308 g/mol. The number of nitrogens with one attached hydrogen (secondary N) is 1. The fourth-order valence-electron chi connectivity index (χ4n) is 2.46. The average molecular weight is 331 g/mol. The SMILES string of the molecule is CCCN(C(=O)NC(C)(C)c1cccc(Cl)c1)c1ccccc1. The van der Waals surface area contributed by atoms with E-state index in [2.05, 4.69) is 12.2 Å². The molecule has 0 aromatic heterocycles. The predicted molar refractivity (Wildman–Crippen MR) is 97.1 cm³/mol. The lowest BCUT2D eigenvalue weighted by Crippen LogP contribution is -2.49. The van der Waals surface area contributed by atoms with E-state index in [1.165, 1.54) is 0 Å². The molecule has 0 saturated carbocycles. The van der Waals surface area contributed by atoms with Gasteiger partial charge in [-0.15, -0.1) is 0 Å². The number of nitrogens with zero attached hydrogens (tertiary/aromatic N) is 1. The molecule has 0 unspecified atom stereocenters. The number of halogens is 1. The Morgan fingerprint density at radius 2 is 1.83 bits per heavy atom. The minimum absolute atomic E-state index is 0.108. The van der Waals surface area contributed by atoms with Crippen LogP contribution in [-0.2, 0) is 5.54 Å². The summed E-state index contributed by atoms with van der Waals surface area (Å²) in [5, 5.41) is 3.78. The third-order valence-corrected chi connectivity index (χ3v) is 3.96. The number of carbonyl (C=O) groups is 1. The van der Waals surface area contributed by atoms with E-state index >= 15 is 0 Å². The highest BCUT2D eigenvalue weighted by molar-refractivity contribution is 6.30. The second kappa shape index (κ2) is 7.51. The number of hydrogen-bond donors (Lipinski definition) is 1. The summed E-state index contributed by atoms with van der Waals surface area (Å²) in [4.78, 5) is 14.6. The maximum atomic E-state index is 12.8. The van der Waals surface area contributed by atoms with E-state index in [1.807, 2.05) is 68.4 Å². The van der Waals surface area contributed by atoms with Gasteiger partial charge in [-0.05, 0) is 50.1 Å². The zero-order chi connectivity index (χ0) is 16.9. The second-order valence-electron chi connectivity index (χ2n) is 6.05. The first-order chi connectivity index (χ1) is 10.9. The molecule has 122 valence electrons. The average Bonchev–Trinajstić information content (AvgIpc) is 2.53. The fourth-order valence-corrected chi connectivity index (χ4v) is 2.65. The minimum atomic E-state index is -0.511. The maximum Gasteiger partial charge on any atom is 0.322 e. The van der Waals surface area contributed by atoms with Gasteiger partial charge in [0.2, 0.25) is 0 Å². The van der Waals surface area contributed by atoms with E-state index in [4.69, 9.17) is 11.6 Å². The summed E-state index contributed by atoms with van der Waals surface area (Å²) in [7, 11) is 0. The molecule has 3 nitrogen and oxygen atoms in total. The largest absolute Gasteiger partial charge is 0.329 e. The number of hydrogen-bond acceptors (Lipinski definition) is 1. The molecule has 0 saturated heterocycles. The highest BCUT2D eigenvalue weighted by Gasteiger charge is 2.26. The predicted octanol–water partition coefficient (Wildman–Crippen LogP) is 5.20. The van der Waals surface area contributed by atoms with Gasteiger partial charge in [-0.3, -0.25) is 4.90 Å². The van der Waals surface area contributed by atoms with E-state index in [0.29, 0.717) is 11.6 Å². The zero-order valence-corrected chi connectivity index (χ0v) is 14.6. The van der Waals surface area contributed by atoms with Gasteiger partial charge in [0, 0.05) is 17.3 Å². The van der Waals surface area contributed by atoms with Crippen LogP contribution in [0.3, 0.4) is 0 Å². The van der Waals surface area contributed by atoms with E-state index in [0.717, 1.165) is 17.7 Å². The molecule has 23 heavy (non-hydrogen) atoms. The number of anilines is 1. The first-order valence-electron chi connectivity index (χ1n) is 7.85. The van der Waals surface area contributed by atoms with Crippen LogP contribution in [-0.4, -0.2) is 12.6 Å². The van der Waals surface area contributed by atoms with E-state index in [9.17, 15) is 4.79 Å². The van der Waals surface area contributed by atoms with Crippen molar-refractivity contribution in [2.24, 2.45) is 0 Å². The molecule has 0 aliphatic carbocycles. The molecule has 2 amide bonds. The molecule has 0 spiro atoms. The maximum absolute atomic E-state index is 12.8. The molecule has 1 N–H and O–H groups in total. The molecule has 4 heteroatoms. The Labute approximate surface area is 143 Å². The monoisotopic (exact) mass is 330 g/mol. The summed E-state index contributed by atoms with van der Waals surface area (Å²) >= 11 is 6.07. The van der Waals surface area contributed by atoms with Gasteiger partial charge >= 0.3 is 6.03 Å². The van der Waals surface area contributed by atoms with Crippen molar-refractivity contribution >= 4 is 23.3 Å². The number of benzene rings is 2. The van der Waals surface area contributed by atoms with Gasteiger partial charge in [0.15, 0.2) is 0 Å². The number of carbonyl (C=O) groups excluding carboxylic acids is 1. The summed E-state index contributed by atoms with van der Waals surface area (Å²) in [6, 6.07) is 17.2. The third kappa shape index (κ3) is 4.49. The summed E-state index contributed by atoms with van der Waals surface area (Å²) in [5.41, 5.74) is 1.36. The normalized spacial score (nSPS) is 11.1. The Kier molecular flexibility index (Phi) is 5.67. The lowest BCUT2D eigenvalue weighted by molar-refractivity contribution is 0.235. The Bertz CT molecular complexity index is 655. The Hall–Kier alpha value is -2.00. The van der Waals surface area contributed by atoms with Crippen molar-refractivity contribution < 1.29 is 4.79 Å². The summed E-state index contributed by atoms with van der Waals surface area (Å²) in [6.07, 6.45) is 0.889. The van der Waals surface area contributed by atoms with Gasteiger partial charge in [0.25, 0.3) is 0 Å². The van der Waals surface area contributed by atoms with E-state index < -0.39 is 5.54 Å². The van der Waals surface area contributed by atoms with Gasteiger partial charge in [-0.1, -0.05) is 48.9 Å². The van der Waals surface area contributed by atoms with Crippen molar-refractivity contribution in [2.75, 3.05) is 11.4 Å². The summed E-state index contributed by atoms with van der Waals surface area (Å²) in [6.45, 7) is 6.68. The van der Waals surface area contributed by atoms with Crippen LogP contribution in [0, 0.1) is 0 Å². The quantitative estimate of drug-likeness (QED) is 0.802. The zero-order valence-electron chi connectivity index (χ0n) is 13.8. The van der Waals surface area contributed by atoms with Crippen LogP contribution in [0.25, 0.3) is 0 Å². The molecule has 0 heterocycles.